The summed E-state index contributed by atoms with van der Waals surface area (Å²) in [5.74, 6) is -6.24. The summed E-state index contributed by atoms with van der Waals surface area (Å²) >= 11 is 0. The molecule has 0 saturated carbocycles. The minimum atomic E-state index is -6.42. The van der Waals surface area contributed by atoms with Gasteiger partial charge in [-0.3, -0.25) is 14.1 Å². The Hall–Kier alpha value is -1.61. The van der Waals surface area contributed by atoms with Crippen molar-refractivity contribution in [3.8, 4) is 0 Å². The smallest absolute Gasteiger partial charge is 0.438 e. The van der Waals surface area contributed by atoms with E-state index in [0.29, 0.717) is 0 Å². The number of hydrogen-bond acceptors (Lipinski definition) is 7. The van der Waals surface area contributed by atoms with Crippen molar-refractivity contribution in [3.63, 3.8) is 0 Å². The van der Waals surface area contributed by atoms with Crippen LogP contribution >= 0.6 is 0 Å². The fourth-order valence-electron chi connectivity index (χ4n) is 2.04. The first-order valence-corrected chi connectivity index (χ1v) is 9.06. The van der Waals surface area contributed by atoms with Gasteiger partial charge >= 0.3 is 29.9 Å². The van der Waals surface area contributed by atoms with Gasteiger partial charge in [0.1, 0.15) is 12.4 Å². The molecule has 0 amide bonds. The Bertz CT molecular complexity index is 681. The van der Waals surface area contributed by atoms with E-state index in [1.54, 1.807) is 6.92 Å². The van der Waals surface area contributed by atoms with E-state index in [-0.39, 0.29) is 19.8 Å². The summed E-state index contributed by atoms with van der Waals surface area (Å²) in [5, 5.41) is 0. The number of halogens is 6. The highest BCUT2D eigenvalue weighted by atomic mass is 32.2. The second-order valence-corrected chi connectivity index (χ2v) is 7.94. The van der Waals surface area contributed by atoms with Crippen LogP contribution in [0.15, 0.2) is 0 Å². The van der Waals surface area contributed by atoms with Crippen LogP contribution in [-0.2, 0) is 33.9 Å². The molecule has 164 valence electrons. The lowest BCUT2D eigenvalue weighted by Gasteiger charge is -2.37. The van der Waals surface area contributed by atoms with Crippen LogP contribution in [0.5, 0.6) is 0 Å². The molecule has 1 aliphatic heterocycles. The zero-order valence-electron chi connectivity index (χ0n) is 14.2. The second kappa shape index (κ2) is 8.02. The quantitative estimate of drug-likeness (QED) is 0.340. The van der Waals surface area contributed by atoms with Gasteiger partial charge in [0, 0.05) is 5.41 Å². The molecule has 0 aromatic carbocycles. The van der Waals surface area contributed by atoms with Crippen molar-refractivity contribution in [1.29, 1.82) is 0 Å². The fraction of sp³-hybridized carbons (Fsp3) is 0.846. The molecule has 0 spiro atoms. The molecule has 1 saturated heterocycles. The van der Waals surface area contributed by atoms with Crippen molar-refractivity contribution < 1.29 is 63.1 Å². The van der Waals surface area contributed by atoms with E-state index in [9.17, 15) is 44.3 Å². The zero-order chi connectivity index (χ0) is 22.0. The average molecular weight is 446 g/mol. The first-order chi connectivity index (χ1) is 12.4. The second-order valence-electron chi connectivity index (χ2n) is 6.49. The number of esters is 2. The van der Waals surface area contributed by atoms with Crippen LogP contribution in [0.2, 0.25) is 0 Å². The van der Waals surface area contributed by atoms with Gasteiger partial charge in [-0.25, -0.2) is 0 Å². The van der Waals surface area contributed by atoms with Gasteiger partial charge < -0.3 is 14.2 Å². The summed E-state index contributed by atoms with van der Waals surface area (Å²) < 4.78 is 121. The molecule has 0 aliphatic carbocycles. The van der Waals surface area contributed by atoms with Gasteiger partial charge in [0.2, 0.25) is 0 Å². The molecule has 0 unspecified atom stereocenters. The van der Waals surface area contributed by atoms with Gasteiger partial charge in [-0.05, 0) is 0 Å². The first kappa shape index (κ1) is 24.4. The molecule has 1 N–H and O–H groups in total. The summed E-state index contributed by atoms with van der Waals surface area (Å²) in [4.78, 5) is 23.0. The molecule has 0 aromatic rings. The highest BCUT2D eigenvalue weighted by Crippen LogP contribution is 2.47. The topological polar surface area (TPSA) is 116 Å². The number of alkyl halides is 6. The van der Waals surface area contributed by atoms with Gasteiger partial charge in [0.15, 0.2) is 0 Å². The SMILES string of the molecule is CC1(COC(=O)CCC(=O)OC(CS(=O)(=O)O)(C(F)(F)F)C(F)(F)F)COC1. The Morgan fingerprint density at radius 1 is 1.04 bits per heavy atom. The number of hydrogen-bond donors (Lipinski definition) is 1. The molecule has 0 atom stereocenters. The predicted octanol–water partition coefficient (Wildman–Crippen LogP) is 1.64. The summed E-state index contributed by atoms with van der Waals surface area (Å²) in [6, 6.07) is 0. The molecular weight excluding hydrogens is 430 g/mol. The van der Waals surface area contributed by atoms with E-state index >= 15 is 0 Å². The molecule has 8 nitrogen and oxygen atoms in total. The van der Waals surface area contributed by atoms with Crippen LogP contribution in [0.4, 0.5) is 26.3 Å². The van der Waals surface area contributed by atoms with Crippen molar-refractivity contribution in [2.24, 2.45) is 5.41 Å². The van der Waals surface area contributed by atoms with E-state index in [1.807, 2.05) is 0 Å². The highest BCUT2D eigenvalue weighted by Gasteiger charge is 2.75. The Balaban J connectivity index is 2.82. The van der Waals surface area contributed by atoms with Crippen LogP contribution in [-0.4, -0.2) is 68.4 Å². The van der Waals surface area contributed by atoms with Crippen molar-refractivity contribution in [3.05, 3.63) is 0 Å². The maximum absolute atomic E-state index is 13.0. The van der Waals surface area contributed by atoms with Crippen molar-refractivity contribution in [1.82, 2.24) is 0 Å². The van der Waals surface area contributed by atoms with Gasteiger partial charge in [-0.1, -0.05) is 6.92 Å². The van der Waals surface area contributed by atoms with Crippen LogP contribution in [0, 0.1) is 5.41 Å². The molecule has 1 heterocycles. The molecule has 1 aliphatic rings. The number of carbonyl (C=O) groups is 2. The van der Waals surface area contributed by atoms with E-state index in [0.717, 1.165) is 0 Å². The number of carbonyl (C=O) groups excluding carboxylic acids is 2. The third-order valence-electron chi connectivity index (χ3n) is 3.61. The maximum Gasteiger partial charge on any atom is 0.438 e. The molecule has 28 heavy (non-hydrogen) atoms. The largest absolute Gasteiger partial charge is 0.465 e. The van der Waals surface area contributed by atoms with Gasteiger partial charge in [-0.15, -0.1) is 0 Å². The molecule has 1 fully saturated rings. The molecule has 15 heteroatoms. The Morgan fingerprint density at radius 2 is 1.50 bits per heavy atom. The van der Waals surface area contributed by atoms with Crippen LogP contribution in [0.25, 0.3) is 0 Å². The predicted molar refractivity (Wildman–Crippen MR) is 76.5 cm³/mol. The van der Waals surface area contributed by atoms with E-state index in [1.165, 1.54) is 0 Å². The third-order valence-corrected chi connectivity index (χ3v) is 4.38. The Kier molecular flexibility index (Phi) is 7.00. The van der Waals surface area contributed by atoms with Gasteiger partial charge in [-0.2, -0.15) is 34.8 Å². The lowest BCUT2D eigenvalue weighted by atomic mass is 9.90. The summed E-state index contributed by atoms with van der Waals surface area (Å²) in [7, 11) is -5.87. The number of ether oxygens (including phenoxy) is 3. The fourth-order valence-corrected chi connectivity index (χ4v) is 2.94. The summed E-state index contributed by atoms with van der Waals surface area (Å²) in [6.07, 6.45) is -15.0. The Morgan fingerprint density at radius 3 is 1.86 bits per heavy atom. The van der Waals surface area contributed by atoms with Crippen LogP contribution < -0.4 is 0 Å². The summed E-state index contributed by atoms with van der Waals surface area (Å²) in [5.41, 5.74) is -5.97. The molecular formula is C13H16F6O8S. The normalized spacial score (nSPS) is 17.6. The molecule has 0 aromatic heterocycles. The number of rotatable bonds is 8. The Labute approximate surface area is 154 Å². The van der Waals surface area contributed by atoms with Crippen molar-refractivity contribution in [2.75, 3.05) is 25.6 Å². The molecule has 0 radical (unpaired) electrons. The van der Waals surface area contributed by atoms with E-state index < -0.39 is 64.0 Å². The van der Waals surface area contributed by atoms with Crippen LogP contribution in [0.3, 0.4) is 0 Å². The standard InChI is InChI=1S/C13H16F6O8S/c1-10(4-25-5-10)6-26-8(20)2-3-9(21)27-11(12(14,15)16,13(17,18)19)7-28(22,23)24/h2-7H2,1H3,(H,22,23,24). The van der Waals surface area contributed by atoms with Gasteiger partial charge in [0.25, 0.3) is 10.1 Å². The minimum absolute atomic E-state index is 0.140. The first-order valence-electron chi connectivity index (χ1n) is 7.45. The van der Waals surface area contributed by atoms with Crippen LogP contribution in [0.1, 0.15) is 19.8 Å². The lowest BCUT2D eigenvalue weighted by molar-refractivity contribution is -0.361. The van der Waals surface area contributed by atoms with E-state index in [2.05, 4.69) is 4.74 Å². The van der Waals surface area contributed by atoms with E-state index in [4.69, 9.17) is 14.0 Å². The zero-order valence-corrected chi connectivity index (χ0v) is 15.0. The third kappa shape index (κ3) is 6.20. The van der Waals surface area contributed by atoms with Crippen molar-refractivity contribution in [2.45, 2.75) is 37.7 Å². The molecule has 1 rings (SSSR count). The van der Waals surface area contributed by atoms with Crippen molar-refractivity contribution >= 4 is 22.1 Å². The van der Waals surface area contributed by atoms with Gasteiger partial charge in [0.05, 0.1) is 26.1 Å². The highest BCUT2D eigenvalue weighted by molar-refractivity contribution is 7.85. The maximum atomic E-state index is 13.0. The average Bonchev–Trinajstić information content (AvgIpc) is 2.44. The minimum Gasteiger partial charge on any atom is -0.465 e. The lowest BCUT2D eigenvalue weighted by Crippen LogP contribution is -2.63. The summed E-state index contributed by atoms with van der Waals surface area (Å²) in [6.45, 7) is 2.10. The molecule has 0 bridgehead atoms. The monoisotopic (exact) mass is 446 g/mol.